The normalized spacial score (nSPS) is 12.9. The van der Waals surface area contributed by atoms with Gasteiger partial charge in [0.15, 0.2) is 0 Å². The van der Waals surface area contributed by atoms with Crippen molar-refractivity contribution in [1.29, 1.82) is 0 Å². The van der Waals surface area contributed by atoms with Crippen LogP contribution in [0, 0.1) is 0 Å². The number of halogens is 1. The lowest BCUT2D eigenvalue weighted by atomic mass is 10.0. The second-order valence-electron chi connectivity index (χ2n) is 5.98. The van der Waals surface area contributed by atoms with Crippen LogP contribution in [0.3, 0.4) is 0 Å². The predicted molar refractivity (Wildman–Crippen MR) is 93.2 cm³/mol. The van der Waals surface area contributed by atoms with E-state index in [1.54, 1.807) is 0 Å². The molecule has 0 aromatic heterocycles. The third-order valence-corrected chi connectivity index (χ3v) is 4.94. The standard InChI is InChI=1S/C19H27Br/c1-2-3-4-5-6-7-8-9-11-16-14-17-12-10-13-18(17)19(20)15-16/h10,12,14-15H,2-9,11,13H2,1H3. The molecule has 0 bridgehead atoms. The van der Waals surface area contributed by atoms with E-state index in [4.69, 9.17) is 0 Å². The lowest BCUT2D eigenvalue weighted by molar-refractivity contribution is 0.575. The summed E-state index contributed by atoms with van der Waals surface area (Å²) in [6.07, 6.45) is 18.0. The number of hydrogen-bond donors (Lipinski definition) is 0. The fraction of sp³-hybridized carbons (Fsp3) is 0.579. The van der Waals surface area contributed by atoms with Crippen molar-refractivity contribution in [3.63, 3.8) is 0 Å². The summed E-state index contributed by atoms with van der Waals surface area (Å²) in [6.45, 7) is 2.28. The van der Waals surface area contributed by atoms with Gasteiger partial charge in [-0.05, 0) is 42.0 Å². The minimum Gasteiger partial charge on any atom is -0.0795 e. The van der Waals surface area contributed by atoms with E-state index in [9.17, 15) is 0 Å². The van der Waals surface area contributed by atoms with Gasteiger partial charge >= 0.3 is 0 Å². The third-order valence-electron chi connectivity index (χ3n) is 4.23. The van der Waals surface area contributed by atoms with Gasteiger partial charge in [0.05, 0.1) is 0 Å². The van der Waals surface area contributed by atoms with Gasteiger partial charge in [0, 0.05) is 4.47 Å². The molecule has 0 amide bonds. The van der Waals surface area contributed by atoms with Crippen molar-refractivity contribution >= 4 is 22.0 Å². The zero-order valence-electron chi connectivity index (χ0n) is 12.8. The molecule has 0 spiro atoms. The number of benzene rings is 1. The van der Waals surface area contributed by atoms with Crippen LogP contribution >= 0.6 is 15.9 Å². The molecule has 1 aromatic carbocycles. The van der Waals surface area contributed by atoms with Crippen LogP contribution in [0.15, 0.2) is 22.7 Å². The summed E-state index contributed by atoms with van der Waals surface area (Å²) in [5, 5.41) is 0. The minimum absolute atomic E-state index is 1.09. The van der Waals surface area contributed by atoms with Crippen molar-refractivity contribution in [1.82, 2.24) is 0 Å². The van der Waals surface area contributed by atoms with E-state index in [0.717, 1.165) is 6.42 Å². The molecule has 0 N–H and O–H groups in total. The Labute approximate surface area is 132 Å². The quantitative estimate of drug-likeness (QED) is 0.440. The van der Waals surface area contributed by atoms with E-state index >= 15 is 0 Å². The van der Waals surface area contributed by atoms with Crippen LogP contribution in [0.2, 0.25) is 0 Å². The zero-order valence-corrected chi connectivity index (χ0v) is 14.3. The summed E-state index contributed by atoms with van der Waals surface area (Å²) in [4.78, 5) is 0. The maximum Gasteiger partial charge on any atom is 0.0219 e. The Hall–Kier alpha value is -0.560. The number of rotatable bonds is 9. The number of allylic oxidation sites excluding steroid dienone is 1. The Balaban J connectivity index is 1.65. The minimum atomic E-state index is 1.09. The van der Waals surface area contributed by atoms with Crippen molar-refractivity contribution in [2.75, 3.05) is 0 Å². The van der Waals surface area contributed by atoms with Crippen LogP contribution in [0.5, 0.6) is 0 Å². The molecular weight excluding hydrogens is 308 g/mol. The average Bonchev–Trinajstić information content (AvgIpc) is 2.91. The molecule has 1 heteroatoms. The fourth-order valence-corrected chi connectivity index (χ4v) is 3.68. The molecule has 110 valence electrons. The first-order valence-electron chi connectivity index (χ1n) is 8.29. The monoisotopic (exact) mass is 334 g/mol. The van der Waals surface area contributed by atoms with Gasteiger partial charge in [-0.3, -0.25) is 0 Å². The molecular formula is C19H27Br. The van der Waals surface area contributed by atoms with E-state index in [2.05, 4.69) is 47.1 Å². The van der Waals surface area contributed by atoms with Crippen LogP contribution in [0.4, 0.5) is 0 Å². The lowest BCUT2D eigenvalue weighted by Crippen LogP contribution is -1.91. The summed E-state index contributed by atoms with van der Waals surface area (Å²) in [5.41, 5.74) is 4.38. The molecule has 20 heavy (non-hydrogen) atoms. The van der Waals surface area contributed by atoms with Gasteiger partial charge in [0.25, 0.3) is 0 Å². The molecule has 0 atom stereocenters. The second kappa shape index (κ2) is 8.67. The van der Waals surface area contributed by atoms with Gasteiger partial charge in [-0.1, -0.05) is 86.0 Å². The fourth-order valence-electron chi connectivity index (χ4n) is 2.99. The Bertz CT molecular complexity index is 445. The average molecular weight is 335 g/mol. The summed E-state index contributed by atoms with van der Waals surface area (Å²) < 4.78 is 1.30. The highest BCUT2D eigenvalue weighted by atomic mass is 79.9. The first kappa shape index (κ1) is 15.8. The first-order valence-corrected chi connectivity index (χ1v) is 9.08. The van der Waals surface area contributed by atoms with Gasteiger partial charge in [-0.15, -0.1) is 0 Å². The van der Waals surface area contributed by atoms with E-state index < -0.39 is 0 Å². The molecule has 1 aromatic rings. The summed E-state index contributed by atoms with van der Waals surface area (Å²) in [5.74, 6) is 0. The van der Waals surface area contributed by atoms with Crippen molar-refractivity contribution < 1.29 is 0 Å². The maximum atomic E-state index is 3.72. The van der Waals surface area contributed by atoms with Crippen molar-refractivity contribution in [3.8, 4) is 0 Å². The molecule has 0 radical (unpaired) electrons. The summed E-state index contributed by atoms with van der Waals surface area (Å²) >= 11 is 3.72. The molecule has 0 heterocycles. The highest BCUT2D eigenvalue weighted by Crippen LogP contribution is 2.29. The summed E-state index contributed by atoms with van der Waals surface area (Å²) in [6, 6.07) is 4.71. The Morgan fingerprint density at radius 2 is 1.65 bits per heavy atom. The Kier molecular flexibility index (Phi) is 6.86. The Morgan fingerprint density at radius 1 is 0.950 bits per heavy atom. The van der Waals surface area contributed by atoms with Gasteiger partial charge in [0.1, 0.15) is 0 Å². The lowest BCUT2D eigenvalue weighted by Gasteiger charge is -2.08. The van der Waals surface area contributed by atoms with Crippen molar-refractivity contribution in [2.45, 2.75) is 71.1 Å². The largest absolute Gasteiger partial charge is 0.0795 e. The highest BCUT2D eigenvalue weighted by Gasteiger charge is 2.10. The van der Waals surface area contributed by atoms with Crippen LogP contribution < -0.4 is 0 Å². The number of aryl methyl sites for hydroxylation is 1. The van der Waals surface area contributed by atoms with Crippen LogP contribution in [0.1, 0.15) is 75.0 Å². The smallest absolute Gasteiger partial charge is 0.0219 e. The molecule has 0 saturated carbocycles. The second-order valence-corrected chi connectivity index (χ2v) is 6.83. The topological polar surface area (TPSA) is 0 Å². The molecule has 1 aliphatic carbocycles. The van der Waals surface area contributed by atoms with Gasteiger partial charge in [0.2, 0.25) is 0 Å². The van der Waals surface area contributed by atoms with Crippen LogP contribution in [-0.2, 0) is 12.8 Å². The molecule has 0 nitrogen and oxygen atoms in total. The predicted octanol–water partition coefficient (Wildman–Crippen LogP) is 6.70. The molecule has 0 fully saturated rings. The highest BCUT2D eigenvalue weighted by molar-refractivity contribution is 9.10. The first-order chi connectivity index (χ1) is 9.81. The number of hydrogen-bond acceptors (Lipinski definition) is 0. The van der Waals surface area contributed by atoms with Crippen molar-refractivity contribution in [2.24, 2.45) is 0 Å². The molecule has 1 aliphatic rings. The van der Waals surface area contributed by atoms with E-state index in [-0.39, 0.29) is 0 Å². The number of unbranched alkanes of at least 4 members (excludes halogenated alkanes) is 7. The van der Waals surface area contributed by atoms with Gasteiger partial charge < -0.3 is 0 Å². The van der Waals surface area contributed by atoms with Gasteiger partial charge in [-0.25, -0.2) is 0 Å². The Morgan fingerprint density at radius 3 is 2.40 bits per heavy atom. The molecule has 0 aliphatic heterocycles. The van der Waals surface area contributed by atoms with E-state index in [1.807, 2.05) is 0 Å². The van der Waals surface area contributed by atoms with E-state index in [1.165, 1.54) is 79.0 Å². The third kappa shape index (κ3) is 4.77. The number of fused-ring (bicyclic) bond motifs is 1. The van der Waals surface area contributed by atoms with Gasteiger partial charge in [-0.2, -0.15) is 0 Å². The van der Waals surface area contributed by atoms with Crippen molar-refractivity contribution in [3.05, 3.63) is 39.4 Å². The maximum absolute atomic E-state index is 3.72. The SMILES string of the molecule is CCCCCCCCCCc1cc(Br)c2c(c1)C=CC2. The van der Waals surface area contributed by atoms with E-state index in [0.29, 0.717) is 0 Å². The molecule has 2 rings (SSSR count). The summed E-state index contributed by atoms with van der Waals surface area (Å²) in [7, 11) is 0. The molecule has 0 unspecified atom stereocenters. The zero-order chi connectivity index (χ0) is 14.2. The van der Waals surface area contributed by atoms with Crippen LogP contribution in [-0.4, -0.2) is 0 Å². The van der Waals surface area contributed by atoms with Crippen LogP contribution in [0.25, 0.3) is 6.08 Å². The molecule has 0 saturated heterocycles.